The number of rotatable bonds is 4. The fraction of sp³-hybridized carbons (Fsp3) is 0.190. The second-order valence-electron chi connectivity index (χ2n) is 5.94. The molecule has 4 heteroatoms. The number of hydrogen-bond acceptors (Lipinski definition) is 2. The first-order valence-corrected chi connectivity index (χ1v) is 9.02. The largest absolute Gasteiger partial charge is 0.462 e. The summed E-state index contributed by atoms with van der Waals surface area (Å²) < 4.78 is 8.36. The Labute approximate surface area is 156 Å². The van der Waals surface area contributed by atoms with E-state index in [2.05, 4.69) is 28.1 Å². The number of nitrogens with zero attached hydrogens (tertiary/aromatic N) is 1. The third-order valence-electron chi connectivity index (χ3n) is 4.20. The fourth-order valence-corrected chi connectivity index (χ4v) is 3.15. The van der Waals surface area contributed by atoms with Crippen LogP contribution in [0.2, 0.25) is 0 Å². The zero-order valence-corrected chi connectivity index (χ0v) is 16.1. The molecule has 0 N–H and O–H groups in total. The summed E-state index contributed by atoms with van der Waals surface area (Å²) in [5.74, 6) is -0.286. The minimum absolute atomic E-state index is 0.286. The van der Waals surface area contributed by atoms with Crippen molar-refractivity contribution in [2.75, 3.05) is 6.61 Å². The Morgan fingerprint density at radius 3 is 2.28 bits per heavy atom. The van der Waals surface area contributed by atoms with Gasteiger partial charge < -0.3 is 9.30 Å². The predicted molar refractivity (Wildman–Crippen MR) is 104 cm³/mol. The molecular formula is C21H20BrNO2. The van der Waals surface area contributed by atoms with E-state index in [1.165, 1.54) is 5.56 Å². The lowest BCUT2D eigenvalue weighted by Gasteiger charge is -2.08. The van der Waals surface area contributed by atoms with Crippen LogP contribution in [-0.4, -0.2) is 17.1 Å². The van der Waals surface area contributed by atoms with Gasteiger partial charge in [-0.3, -0.25) is 0 Å². The van der Waals surface area contributed by atoms with Crippen LogP contribution in [0.15, 0.2) is 59.2 Å². The number of aromatic nitrogens is 1. The van der Waals surface area contributed by atoms with Gasteiger partial charge in [-0.15, -0.1) is 0 Å². The summed E-state index contributed by atoms with van der Waals surface area (Å²) in [6.45, 7) is 6.18. The van der Waals surface area contributed by atoms with Crippen LogP contribution in [0.5, 0.6) is 0 Å². The van der Waals surface area contributed by atoms with Gasteiger partial charge in [-0.1, -0.05) is 45.8 Å². The quantitative estimate of drug-likeness (QED) is 0.528. The van der Waals surface area contributed by atoms with Gasteiger partial charge in [-0.25, -0.2) is 4.79 Å². The first kappa shape index (κ1) is 17.5. The van der Waals surface area contributed by atoms with Gasteiger partial charge >= 0.3 is 5.97 Å². The van der Waals surface area contributed by atoms with Gasteiger partial charge in [-0.2, -0.15) is 0 Å². The maximum absolute atomic E-state index is 12.6. The maximum Gasteiger partial charge on any atom is 0.340 e. The third-order valence-corrected chi connectivity index (χ3v) is 4.73. The molecule has 0 unspecified atom stereocenters. The molecule has 0 saturated heterocycles. The van der Waals surface area contributed by atoms with E-state index < -0.39 is 0 Å². The van der Waals surface area contributed by atoms with Crippen molar-refractivity contribution in [1.29, 1.82) is 0 Å². The van der Waals surface area contributed by atoms with Crippen LogP contribution in [0.3, 0.4) is 0 Å². The molecule has 128 valence electrons. The van der Waals surface area contributed by atoms with Crippen LogP contribution < -0.4 is 0 Å². The number of benzene rings is 2. The molecule has 3 nitrogen and oxygen atoms in total. The second-order valence-corrected chi connectivity index (χ2v) is 6.85. The molecule has 0 aliphatic carbocycles. The number of halogens is 1. The Hall–Kier alpha value is -2.33. The summed E-state index contributed by atoms with van der Waals surface area (Å²) in [6.07, 6.45) is 2.01. The minimum Gasteiger partial charge on any atom is -0.462 e. The van der Waals surface area contributed by atoms with Crippen molar-refractivity contribution in [3.63, 3.8) is 0 Å². The van der Waals surface area contributed by atoms with Crippen LogP contribution >= 0.6 is 15.9 Å². The number of carbonyl (C=O) groups is 1. The lowest BCUT2D eigenvalue weighted by atomic mass is 10.0. The van der Waals surface area contributed by atoms with E-state index in [0.717, 1.165) is 27.0 Å². The van der Waals surface area contributed by atoms with Crippen LogP contribution in [0, 0.1) is 13.8 Å². The Morgan fingerprint density at radius 1 is 1.04 bits per heavy atom. The molecule has 1 aromatic heterocycles. The Balaban J connectivity index is 2.18. The van der Waals surface area contributed by atoms with Gasteiger partial charge in [0.15, 0.2) is 0 Å². The highest BCUT2D eigenvalue weighted by Crippen LogP contribution is 2.31. The summed E-state index contributed by atoms with van der Waals surface area (Å²) in [5, 5.41) is 0. The van der Waals surface area contributed by atoms with Crippen LogP contribution in [0.1, 0.15) is 28.5 Å². The molecular weight excluding hydrogens is 378 g/mol. The Bertz CT molecular complexity index is 893. The van der Waals surface area contributed by atoms with Crippen molar-refractivity contribution >= 4 is 21.9 Å². The van der Waals surface area contributed by atoms with Gasteiger partial charge in [-0.05, 0) is 50.6 Å². The van der Waals surface area contributed by atoms with Crippen LogP contribution in [-0.2, 0) is 4.74 Å². The molecule has 0 aliphatic heterocycles. The molecule has 0 atom stereocenters. The zero-order valence-electron chi connectivity index (χ0n) is 14.5. The molecule has 0 amide bonds. The van der Waals surface area contributed by atoms with Gasteiger partial charge in [0, 0.05) is 27.6 Å². The molecule has 0 saturated carbocycles. The summed E-state index contributed by atoms with van der Waals surface area (Å²) >= 11 is 3.46. The van der Waals surface area contributed by atoms with E-state index in [-0.39, 0.29) is 5.97 Å². The zero-order chi connectivity index (χ0) is 18.0. The molecule has 3 aromatic rings. The SMILES string of the molecule is CCOC(=O)c1c(-c2ccc(C)cc2)cn(-c2ccc(Br)cc2)c1C. The minimum atomic E-state index is -0.286. The highest BCUT2D eigenvalue weighted by atomic mass is 79.9. The summed E-state index contributed by atoms with van der Waals surface area (Å²) in [5.41, 5.74) is 5.58. The summed E-state index contributed by atoms with van der Waals surface area (Å²) in [7, 11) is 0. The smallest absolute Gasteiger partial charge is 0.340 e. The predicted octanol–water partition coefficient (Wildman–Crippen LogP) is 5.70. The first-order chi connectivity index (χ1) is 12.0. The average molecular weight is 398 g/mol. The summed E-state index contributed by atoms with van der Waals surface area (Å²) in [6, 6.07) is 16.2. The van der Waals surface area contributed by atoms with Crippen LogP contribution in [0.25, 0.3) is 16.8 Å². The van der Waals surface area contributed by atoms with Gasteiger partial charge in [0.05, 0.1) is 12.2 Å². The molecule has 3 rings (SSSR count). The monoisotopic (exact) mass is 397 g/mol. The molecule has 2 aromatic carbocycles. The second kappa shape index (κ2) is 7.28. The lowest BCUT2D eigenvalue weighted by molar-refractivity contribution is 0.0526. The van der Waals surface area contributed by atoms with E-state index in [1.54, 1.807) is 0 Å². The molecule has 0 fully saturated rings. The maximum atomic E-state index is 12.6. The van der Waals surface area contributed by atoms with Crippen molar-refractivity contribution in [1.82, 2.24) is 4.57 Å². The Kier molecular flexibility index (Phi) is 5.09. The van der Waals surface area contributed by atoms with Gasteiger partial charge in [0.25, 0.3) is 0 Å². The van der Waals surface area contributed by atoms with Crippen molar-refractivity contribution < 1.29 is 9.53 Å². The van der Waals surface area contributed by atoms with E-state index in [4.69, 9.17) is 4.74 Å². The van der Waals surface area contributed by atoms with Crippen LogP contribution in [0.4, 0.5) is 0 Å². The average Bonchev–Trinajstić information content (AvgIpc) is 2.94. The van der Waals surface area contributed by atoms with E-state index in [0.29, 0.717) is 12.2 Å². The number of hydrogen-bond donors (Lipinski definition) is 0. The molecule has 0 radical (unpaired) electrons. The first-order valence-electron chi connectivity index (χ1n) is 8.23. The van der Waals surface area contributed by atoms with E-state index in [9.17, 15) is 4.79 Å². The van der Waals surface area contributed by atoms with Gasteiger partial charge in [0.2, 0.25) is 0 Å². The molecule has 0 spiro atoms. The number of esters is 1. The molecule has 0 bridgehead atoms. The standard InChI is InChI=1S/C21H20BrNO2/c1-4-25-21(24)20-15(3)23(18-11-9-17(22)10-12-18)13-19(20)16-7-5-14(2)6-8-16/h5-13H,4H2,1-3H3. The van der Waals surface area contributed by atoms with Crippen molar-refractivity contribution in [3.8, 4) is 16.8 Å². The highest BCUT2D eigenvalue weighted by Gasteiger charge is 2.22. The topological polar surface area (TPSA) is 31.2 Å². The van der Waals surface area contributed by atoms with E-state index >= 15 is 0 Å². The van der Waals surface area contributed by atoms with Crippen molar-refractivity contribution in [2.24, 2.45) is 0 Å². The van der Waals surface area contributed by atoms with Gasteiger partial charge in [0.1, 0.15) is 0 Å². The van der Waals surface area contributed by atoms with Crippen molar-refractivity contribution in [3.05, 3.63) is 76.0 Å². The highest BCUT2D eigenvalue weighted by molar-refractivity contribution is 9.10. The van der Waals surface area contributed by atoms with E-state index in [1.807, 2.05) is 67.9 Å². The fourth-order valence-electron chi connectivity index (χ4n) is 2.89. The number of carbonyl (C=O) groups excluding carboxylic acids is 1. The summed E-state index contributed by atoms with van der Waals surface area (Å²) in [4.78, 5) is 12.6. The normalized spacial score (nSPS) is 10.7. The molecule has 1 heterocycles. The third kappa shape index (κ3) is 3.54. The molecule has 0 aliphatic rings. The lowest BCUT2D eigenvalue weighted by Crippen LogP contribution is -2.07. The number of aryl methyl sites for hydroxylation is 1. The molecule has 25 heavy (non-hydrogen) atoms. The van der Waals surface area contributed by atoms with Crippen molar-refractivity contribution in [2.45, 2.75) is 20.8 Å². The number of ether oxygens (including phenoxy) is 1. The Morgan fingerprint density at radius 2 is 1.68 bits per heavy atom.